The molecule has 0 rings (SSSR count). The molecule has 1 N–H and O–H groups in total. The Balaban J connectivity index is 3.12. The van der Waals surface area contributed by atoms with Crippen LogP contribution < -0.4 is 5.32 Å². The second-order valence-electron chi connectivity index (χ2n) is 7.59. The number of carbonyl (C=O) groups excluding carboxylic acids is 1. The number of carbonyl (C=O) groups is 1. The predicted molar refractivity (Wildman–Crippen MR) is 106 cm³/mol. The first-order valence-corrected chi connectivity index (χ1v) is 9.99. The third kappa shape index (κ3) is 20.0. The molecule has 0 aromatic heterocycles. The highest BCUT2D eigenvalue weighted by Gasteiger charge is 2.20. The van der Waals surface area contributed by atoms with E-state index in [1.165, 1.54) is 0 Å². The summed E-state index contributed by atoms with van der Waals surface area (Å²) in [7, 11) is 0. The van der Waals surface area contributed by atoms with E-state index >= 15 is 0 Å². The van der Waals surface area contributed by atoms with Gasteiger partial charge in [-0.25, -0.2) is 0 Å². The molecule has 0 aliphatic heterocycles. The van der Waals surface area contributed by atoms with E-state index in [4.69, 9.17) is 23.7 Å². The summed E-state index contributed by atoms with van der Waals surface area (Å²) in [6.45, 7) is 16.3. The molecule has 0 aromatic carbocycles. The minimum atomic E-state index is -0.293. The van der Waals surface area contributed by atoms with Crippen LogP contribution in [-0.2, 0) is 28.5 Å². The molecule has 0 fully saturated rings. The Morgan fingerprint density at radius 2 is 1.07 bits per heavy atom. The highest BCUT2D eigenvalue weighted by Crippen LogP contribution is 2.16. The van der Waals surface area contributed by atoms with Crippen molar-refractivity contribution in [2.75, 3.05) is 72.6 Å². The van der Waals surface area contributed by atoms with Crippen LogP contribution >= 0.6 is 0 Å². The van der Waals surface area contributed by atoms with E-state index in [0.29, 0.717) is 78.5 Å². The van der Waals surface area contributed by atoms with Gasteiger partial charge in [0.1, 0.15) is 5.78 Å². The zero-order valence-electron chi connectivity index (χ0n) is 18.0. The summed E-state index contributed by atoms with van der Waals surface area (Å²) in [5.41, 5.74) is -0.293. The van der Waals surface area contributed by atoms with Gasteiger partial charge in [-0.05, 0) is 0 Å². The maximum atomic E-state index is 11.7. The fourth-order valence-corrected chi connectivity index (χ4v) is 1.94. The van der Waals surface area contributed by atoms with Gasteiger partial charge in [-0.1, -0.05) is 34.6 Å². The number of hydrogen-bond acceptors (Lipinski definition) is 7. The van der Waals surface area contributed by atoms with Gasteiger partial charge in [0, 0.05) is 24.4 Å². The molecule has 0 aliphatic rings. The van der Waals surface area contributed by atoms with Crippen LogP contribution in [0.5, 0.6) is 0 Å². The summed E-state index contributed by atoms with van der Waals surface area (Å²) < 4.78 is 27.1. The molecule has 0 saturated carbocycles. The molecule has 0 amide bonds. The zero-order valence-corrected chi connectivity index (χ0v) is 18.0. The Hall–Kier alpha value is -0.570. The molecule has 0 aliphatic carbocycles. The molecule has 7 nitrogen and oxygen atoms in total. The maximum Gasteiger partial charge on any atom is 0.140 e. The van der Waals surface area contributed by atoms with E-state index in [1.54, 1.807) is 0 Å². The molecule has 162 valence electrons. The van der Waals surface area contributed by atoms with E-state index in [1.807, 2.05) is 20.8 Å². The van der Waals surface area contributed by atoms with Gasteiger partial charge in [0.25, 0.3) is 0 Å². The monoisotopic (exact) mass is 391 g/mol. The van der Waals surface area contributed by atoms with Crippen LogP contribution in [0.15, 0.2) is 0 Å². The normalized spacial score (nSPS) is 12.1. The number of ether oxygens (including phenoxy) is 5. The fourth-order valence-electron chi connectivity index (χ4n) is 1.94. The van der Waals surface area contributed by atoms with Crippen LogP contribution in [0, 0.1) is 5.41 Å². The van der Waals surface area contributed by atoms with Gasteiger partial charge in [0.2, 0.25) is 0 Å². The van der Waals surface area contributed by atoms with Gasteiger partial charge in [-0.15, -0.1) is 0 Å². The predicted octanol–water partition coefficient (Wildman–Crippen LogP) is 2.07. The van der Waals surface area contributed by atoms with E-state index in [-0.39, 0.29) is 11.2 Å². The van der Waals surface area contributed by atoms with Crippen molar-refractivity contribution in [2.45, 2.75) is 47.1 Å². The summed E-state index contributed by atoms with van der Waals surface area (Å²) in [5.74, 6) is 0.216. The Kier molecular flexibility index (Phi) is 17.2. The highest BCUT2D eigenvalue weighted by molar-refractivity contribution is 5.83. The summed E-state index contributed by atoms with van der Waals surface area (Å²) in [6, 6.07) is 0.489. The van der Waals surface area contributed by atoms with Crippen LogP contribution in [0.25, 0.3) is 0 Å². The lowest BCUT2D eigenvalue weighted by Crippen LogP contribution is -2.27. The van der Waals surface area contributed by atoms with Crippen LogP contribution in [-0.4, -0.2) is 84.4 Å². The summed E-state index contributed by atoms with van der Waals surface area (Å²) in [6.07, 6.45) is 0.451. The summed E-state index contributed by atoms with van der Waals surface area (Å²) in [4.78, 5) is 11.7. The van der Waals surface area contributed by atoms with E-state index < -0.39 is 0 Å². The first-order valence-electron chi connectivity index (χ1n) is 9.99. The fraction of sp³-hybridized carbons (Fsp3) is 0.950. The summed E-state index contributed by atoms with van der Waals surface area (Å²) in [5, 5.41) is 3.29. The van der Waals surface area contributed by atoms with Crippen LogP contribution in [0.4, 0.5) is 0 Å². The van der Waals surface area contributed by atoms with Gasteiger partial charge in [-0.3, -0.25) is 4.79 Å². The lowest BCUT2D eigenvalue weighted by Gasteiger charge is -2.16. The van der Waals surface area contributed by atoms with Crippen molar-refractivity contribution in [3.05, 3.63) is 0 Å². The number of Topliss-reactive ketones (excluding diaryl/α,β-unsaturated/α-hetero) is 1. The third-order valence-electron chi connectivity index (χ3n) is 3.60. The molecule has 0 radical (unpaired) electrons. The molecule has 0 atom stereocenters. The Labute approximate surface area is 165 Å². The van der Waals surface area contributed by atoms with Crippen molar-refractivity contribution < 1.29 is 28.5 Å². The topological polar surface area (TPSA) is 75.2 Å². The first kappa shape index (κ1) is 26.4. The van der Waals surface area contributed by atoms with E-state index in [2.05, 4.69) is 19.2 Å². The second kappa shape index (κ2) is 17.5. The zero-order chi connectivity index (χ0) is 20.4. The van der Waals surface area contributed by atoms with Gasteiger partial charge in [0.05, 0.1) is 66.1 Å². The van der Waals surface area contributed by atoms with Crippen molar-refractivity contribution in [1.29, 1.82) is 0 Å². The van der Waals surface area contributed by atoms with E-state index in [9.17, 15) is 4.79 Å². The summed E-state index contributed by atoms with van der Waals surface area (Å²) >= 11 is 0. The molecule has 7 heteroatoms. The first-order chi connectivity index (χ1) is 12.8. The molecule has 0 unspecified atom stereocenters. The van der Waals surface area contributed by atoms with Crippen molar-refractivity contribution in [3.63, 3.8) is 0 Å². The highest BCUT2D eigenvalue weighted by atomic mass is 16.6. The van der Waals surface area contributed by atoms with Crippen molar-refractivity contribution in [3.8, 4) is 0 Å². The van der Waals surface area contributed by atoms with Gasteiger partial charge in [-0.2, -0.15) is 0 Å². The largest absolute Gasteiger partial charge is 0.379 e. The van der Waals surface area contributed by atoms with Crippen molar-refractivity contribution >= 4 is 5.78 Å². The molecule has 0 heterocycles. The second-order valence-corrected chi connectivity index (χ2v) is 7.59. The number of ketones is 1. The molecule has 27 heavy (non-hydrogen) atoms. The van der Waals surface area contributed by atoms with Gasteiger partial charge in [0.15, 0.2) is 0 Å². The number of rotatable bonds is 19. The maximum absolute atomic E-state index is 11.7. The lowest BCUT2D eigenvalue weighted by atomic mass is 9.89. The van der Waals surface area contributed by atoms with Crippen molar-refractivity contribution in [1.82, 2.24) is 5.32 Å². The SMILES string of the molecule is CC(C)NCCOCCOCCOCCOCCOCCC(=O)C(C)(C)C. The van der Waals surface area contributed by atoms with Gasteiger partial charge < -0.3 is 29.0 Å². The third-order valence-corrected chi connectivity index (χ3v) is 3.60. The van der Waals surface area contributed by atoms with Crippen LogP contribution in [0.1, 0.15) is 41.0 Å². The Morgan fingerprint density at radius 1 is 0.704 bits per heavy atom. The van der Waals surface area contributed by atoms with Gasteiger partial charge >= 0.3 is 0 Å². The Bertz CT molecular complexity index is 344. The molecular weight excluding hydrogens is 350 g/mol. The molecule has 0 bridgehead atoms. The minimum absolute atomic E-state index is 0.216. The van der Waals surface area contributed by atoms with Crippen LogP contribution in [0.2, 0.25) is 0 Å². The Morgan fingerprint density at radius 3 is 1.44 bits per heavy atom. The standard InChI is InChI=1S/C20H41NO6/c1-18(2)21-7-9-24-11-13-26-15-17-27-16-14-25-12-10-23-8-6-19(22)20(3,4)5/h18,21H,6-17H2,1-5H3. The minimum Gasteiger partial charge on any atom is -0.379 e. The molecular formula is C20H41NO6. The molecule has 0 spiro atoms. The molecule has 0 aromatic rings. The van der Waals surface area contributed by atoms with E-state index in [0.717, 1.165) is 6.54 Å². The smallest absolute Gasteiger partial charge is 0.140 e. The lowest BCUT2D eigenvalue weighted by molar-refractivity contribution is -0.127. The quantitative estimate of drug-likeness (QED) is 0.338. The molecule has 0 saturated heterocycles. The number of nitrogens with one attached hydrogen (secondary N) is 1. The van der Waals surface area contributed by atoms with Crippen LogP contribution in [0.3, 0.4) is 0 Å². The van der Waals surface area contributed by atoms with Crippen molar-refractivity contribution in [2.24, 2.45) is 5.41 Å². The number of hydrogen-bond donors (Lipinski definition) is 1. The average molecular weight is 392 g/mol. The average Bonchev–Trinajstić information content (AvgIpc) is 2.59.